The molecule has 1 fully saturated rings. The summed E-state index contributed by atoms with van der Waals surface area (Å²) in [5, 5.41) is 3.46. The summed E-state index contributed by atoms with van der Waals surface area (Å²) >= 11 is 3.53. The van der Waals surface area contributed by atoms with Crippen molar-refractivity contribution < 1.29 is 0 Å². The van der Waals surface area contributed by atoms with Gasteiger partial charge in [-0.05, 0) is 62.5 Å². The van der Waals surface area contributed by atoms with Gasteiger partial charge < -0.3 is 5.32 Å². The largest absolute Gasteiger partial charge is 0.317 e. The molecule has 1 aromatic carbocycles. The molecule has 112 valence electrons. The zero-order chi connectivity index (χ0) is 14.4. The molecule has 1 saturated heterocycles. The van der Waals surface area contributed by atoms with Crippen LogP contribution in [-0.2, 0) is 0 Å². The second kappa shape index (κ2) is 8.16. The highest BCUT2D eigenvalue weighted by atomic mass is 79.9. The molecule has 0 aromatic heterocycles. The summed E-state index contributed by atoms with van der Waals surface area (Å²) in [6.45, 7) is 9.36. The molecule has 0 saturated carbocycles. The van der Waals surface area contributed by atoms with Crippen LogP contribution in [0.5, 0.6) is 0 Å². The molecule has 0 amide bonds. The summed E-state index contributed by atoms with van der Waals surface area (Å²) in [4.78, 5) is 2.67. The molecule has 1 aliphatic heterocycles. The number of benzene rings is 1. The average molecular weight is 339 g/mol. The summed E-state index contributed by atoms with van der Waals surface area (Å²) in [6, 6.07) is 9.42. The fourth-order valence-corrected chi connectivity index (χ4v) is 3.53. The Hall–Kier alpha value is -0.380. The van der Waals surface area contributed by atoms with Crippen LogP contribution in [-0.4, -0.2) is 31.1 Å². The lowest BCUT2D eigenvalue weighted by Crippen LogP contribution is -2.38. The van der Waals surface area contributed by atoms with Crippen LogP contribution in [0.3, 0.4) is 0 Å². The maximum Gasteiger partial charge on any atom is 0.0345 e. The van der Waals surface area contributed by atoms with Gasteiger partial charge in [0, 0.05) is 17.1 Å². The SMILES string of the molecule is CCC(c1ccc(Br)cc1)N(CC)CC1CCNCC1. The van der Waals surface area contributed by atoms with Crippen LogP contribution in [0, 0.1) is 5.92 Å². The van der Waals surface area contributed by atoms with Gasteiger partial charge in [0.25, 0.3) is 0 Å². The van der Waals surface area contributed by atoms with E-state index in [4.69, 9.17) is 0 Å². The molecule has 2 rings (SSSR count). The Morgan fingerprint density at radius 2 is 1.85 bits per heavy atom. The lowest BCUT2D eigenvalue weighted by Gasteiger charge is -2.35. The highest BCUT2D eigenvalue weighted by Gasteiger charge is 2.22. The van der Waals surface area contributed by atoms with Crippen LogP contribution in [0.2, 0.25) is 0 Å². The standard InChI is InChI=1S/C17H27BrN2/c1-3-17(15-5-7-16(18)8-6-15)20(4-2)13-14-9-11-19-12-10-14/h5-8,14,17,19H,3-4,9-13H2,1-2H3. The van der Waals surface area contributed by atoms with E-state index in [2.05, 4.69) is 64.3 Å². The molecule has 1 heterocycles. The third-order valence-corrected chi connectivity index (χ3v) is 4.97. The minimum atomic E-state index is 0.558. The molecule has 0 spiro atoms. The second-order valence-electron chi connectivity index (χ2n) is 5.76. The van der Waals surface area contributed by atoms with Crippen LogP contribution < -0.4 is 5.32 Å². The molecule has 0 radical (unpaired) electrons. The Morgan fingerprint density at radius 3 is 2.40 bits per heavy atom. The summed E-state index contributed by atoms with van der Waals surface area (Å²) < 4.78 is 1.16. The molecular formula is C17H27BrN2. The van der Waals surface area contributed by atoms with Gasteiger partial charge in [0.15, 0.2) is 0 Å². The van der Waals surface area contributed by atoms with Gasteiger partial charge in [0.1, 0.15) is 0 Å². The van der Waals surface area contributed by atoms with Crippen LogP contribution in [0.15, 0.2) is 28.7 Å². The second-order valence-corrected chi connectivity index (χ2v) is 6.67. The van der Waals surface area contributed by atoms with Gasteiger partial charge in [0.05, 0.1) is 0 Å². The first-order valence-corrected chi connectivity index (χ1v) is 8.74. The quantitative estimate of drug-likeness (QED) is 0.835. The molecule has 1 N–H and O–H groups in total. The fourth-order valence-electron chi connectivity index (χ4n) is 3.26. The Kier molecular flexibility index (Phi) is 6.53. The molecule has 3 heteroatoms. The van der Waals surface area contributed by atoms with E-state index < -0.39 is 0 Å². The number of halogens is 1. The summed E-state index contributed by atoms with van der Waals surface area (Å²) in [5.74, 6) is 0.862. The number of rotatable bonds is 6. The van der Waals surface area contributed by atoms with E-state index in [-0.39, 0.29) is 0 Å². The summed E-state index contributed by atoms with van der Waals surface area (Å²) in [5.41, 5.74) is 1.45. The highest BCUT2D eigenvalue weighted by molar-refractivity contribution is 9.10. The van der Waals surface area contributed by atoms with E-state index in [0.29, 0.717) is 6.04 Å². The lowest BCUT2D eigenvalue weighted by molar-refractivity contribution is 0.155. The fraction of sp³-hybridized carbons (Fsp3) is 0.647. The van der Waals surface area contributed by atoms with Crippen LogP contribution in [0.4, 0.5) is 0 Å². The van der Waals surface area contributed by atoms with Gasteiger partial charge in [-0.25, -0.2) is 0 Å². The smallest absolute Gasteiger partial charge is 0.0345 e. The van der Waals surface area contributed by atoms with Crippen molar-refractivity contribution in [2.45, 2.75) is 39.2 Å². The summed E-state index contributed by atoms with van der Waals surface area (Å²) in [7, 11) is 0. The van der Waals surface area contributed by atoms with Gasteiger partial charge in [-0.3, -0.25) is 4.90 Å². The van der Waals surface area contributed by atoms with Crippen LogP contribution in [0.1, 0.15) is 44.7 Å². The molecule has 1 unspecified atom stereocenters. The molecule has 0 aliphatic carbocycles. The van der Waals surface area contributed by atoms with Crippen LogP contribution in [0.25, 0.3) is 0 Å². The van der Waals surface area contributed by atoms with Gasteiger partial charge in [-0.1, -0.05) is 41.9 Å². The predicted octanol–water partition coefficient (Wildman–Crippen LogP) is 4.22. The Bertz CT molecular complexity index is 384. The van der Waals surface area contributed by atoms with Gasteiger partial charge in [0.2, 0.25) is 0 Å². The van der Waals surface area contributed by atoms with Crippen molar-refractivity contribution in [2.75, 3.05) is 26.2 Å². The maximum absolute atomic E-state index is 3.53. The number of nitrogens with zero attached hydrogens (tertiary/aromatic N) is 1. The van der Waals surface area contributed by atoms with Crippen molar-refractivity contribution >= 4 is 15.9 Å². The molecule has 1 atom stereocenters. The van der Waals surface area contributed by atoms with E-state index in [9.17, 15) is 0 Å². The molecular weight excluding hydrogens is 312 g/mol. The van der Waals surface area contributed by atoms with Crippen molar-refractivity contribution in [3.8, 4) is 0 Å². The minimum absolute atomic E-state index is 0.558. The van der Waals surface area contributed by atoms with Crippen LogP contribution >= 0.6 is 15.9 Å². The number of hydrogen-bond donors (Lipinski definition) is 1. The molecule has 2 nitrogen and oxygen atoms in total. The monoisotopic (exact) mass is 338 g/mol. The van der Waals surface area contributed by atoms with E-state index in [0.717, 1.165) is 16.9 Å². The van der Waals surface area contributed by atoms with Gasteiger partial charge in [-0.2, -0.15) is 0 Å². The molecule has 1 aliphatic rings. The van der Waals surface area contributed by atoms with Gasteiger partial charge >= 0.3 is 0 Å². The van der Waals surface area contributed by atoms with Crippen molar-refractivity contribution in [1.82, 2.24) is 10.2 Å². The van der Waals surface area contributed by atoms with Crippen molar-refractivity contribution in [3.05, 3.63) is 34.3 Å². The first-order valence-electron chi connectivity index (χ1n) is 7.94. The number of piperidine rings is 1. The predicted molar refractivity (Wildman–Crippen MR) is 90.0 cm³/mol. The normalized spacial score (nSPS) is 18.4. The zero-order valence-corrected chi connectivity index (χ0v) is 14.3. The third kappa shape index (κ3) is 4.31. The molecule has 0 bridgehead atoms. The van der Waals surface area contributed by atoms with E-state index in [1.165, 1.54) is 44.5 Å². The maximum atomic E-state index is 3.53. The molecule has 1 aromatic rings. The Labute approximate surface area is 132 Å². The highest BCUT2D eigenvalue weighted by Crippen LogP contribution is 2.27. The van der Waals surface area contributed by atoms with E-state index in [1.807, 2.05) is 0 Å². The van der Waals surface area contributed by atoms with Crippen molar-refractivity contribution in [2.24, 2.45) is 5.92 Å². The Balaban J connectivity index is 2.04. The zero-order valence-electron chi connectivity index (χ0n) is 12.7. The van der Waals surface area contributed by atoms with E-state index >= 15 is 0 Å². The minimum Gasteiger partial charge on any atom is -0.317 e. The lowest BCUT2D eigenvalue weighted by atomic mass is 9.95. The first-order chi connectivity index (χ1) is 9.74. The summed E-state index contributed by atoms with van der Waals surface area (Å²) in [6.07, 6.45) is 3.83. The van der Waals surface area contributed by atoms with Crippen molar-refractivity contribution in [3.63, 3.8) is 0 Å². The molecule has 20 heavy (non-hydrogen) atoms. The first kappa shape index (κ1) is 16.0. The number of nitrogens with one attached hydrogen (secondary N) is 1. The van der Waals surface area contributed by atoms with E-state index in [1.54, 1.807) is 0 Å². The third-order valence-electron chi connectivity index (χ3n) is 4.44. The number of hydrogen-bond acceptors (Lipinski definition) is 2. The van der Waals surface area contributed by atoms with Gasteiger partial charge in [-0.15, -0.1) is 0 Å². The van der Waals surface area contributed by atoms with Crippen molar-refractivity contribution in [1.29, 1.82) is 0 Å². The average Bonchev–Trinajstić information content (AvgIpc) is 2.49. The topological polar surface area (TPSA) is 15.3 Å². The Morgan fingerprint density at radius 1 is 1.20 bits per heavy atom.